The van der Waals surface area contributed by atoms with Crippen molar-refractivity contribution in [3.05, 3.63) is 89.0 Å². The minimum atomic E-state index is -6.77. The predicted octanol–water partition coefficient (Wildman–Crippen LogP) is 12.6. The number of halogens is 9. The van der Waals surface area contributed by atoms with Crippen molar-refractivity contribution < 1.29 is 78.2 Å². The Morgan fingerprint density at radius 3 is 2.08 bits per heavy atom. The van der Waals surface area contributed by atoms with E-state index in [-0.39, 0.29) is 68.2 Å². The van der Waals surface area contributed by atoms with Gasteiger partial charge >= 0.3 is 30.2 Å². The van der Waals surface area contributed by atoms with Crippen LogP contribution in [0.1, 0.15) is 98.8 Å². The van der Waals surface area contributed by atoms with Crippen molar-refractivity contribution in [3.63, 3.8) is 0 Å². The first-order valence-electron chi connectivity index (χ1n) is 25.2. The van der Waals surface area contributed by atoms with Crippen LogP contribution in [0.2, 0.25) is 0 Å². The van der Waals surface area contributed by atoms with Crippen LogP contribution in [0, 0.1) is 23.2 Å². The number of aryl methyl sites for hydroxylation is 1. The molecule has 3 aromatic carbocycles. The molecule has 406 valence electrons. The van der Waals surface area contributed by atoms with Crippen molar-refractivity contribution in [2.45, 2.75) is 113 Å². The van der Waals surface area contributed by atoms with Gasteiger partial charge in [-0.1, -0.05) is 83.1 Å². The number of carbonyl (C=O) groups excluding carboxylic acids is 1. The number of hydrogen-bond acceptors (Lipinski definition) is 10. The highest BCUT2D eigenvalue weighted by atomic mass is 33.1. The monoisotopic (exact) mass is 1080 g/mol. The van der Waals surface area contributed by atoms with Gasteiger partial charge in [0.25, 0.3) is 0 Å². The summed E-state index contributed by atoms with van der Waals surface area (Å²) < 4.78 is 148. The van der Waals surface area contributed by atoms with Gasteiger partial charge in [-0.25, -0.2) is 4.79 Å². The van der Waals surface area contributed by atoms with E-state index in [0.717, 1.165) is 78.7 Å². The van der Waals surface area contributed by atoms with Crippen LogP contribution < -0.4 is 4.74 Å². The average Bonchev–Trinajstić information content (AvgIpc) is 3.86. The lowest BCUT2D eigenvalue weighted by Crippen LogP contribution is -2.67. The number of ether oxygens (including phenoxy) is 5. The zero-order chi connectivity index (χ0) is 52.4. The van der Waals surface area contributed by atoms with Crippen LogP contribution in [0.15, 0.2) is 66.7 Å². The Balaban J connectivity index is 0.897. The Labute approximate surface area is 429 Å². The Bertz CT molecular complexity index is 2170. The van der Waals surface area contributed by atoms with Crippen molar-refractivity contribution in [3.8, 4) is 16.9 Å². The fraction of sp³-hybridized carbons (Fsp3) is 0.642. The van der Waals surface area contributed by atoms with Gasteiger partial charge in [-0.15, -0.1) is 0 Å². The van der Waals surface area contributed by atoms with E-state index in [1.165, 1.54) is 11.1 Å². The van der Waals surface area contributed by atoms with Crippen molar-refractivity contribution in [1.82, 2.24) is 4.90 Å². The molecule has 3 aromatic rings. The van der Waals surface area contributed by atoms with Crippen LogP contribution in [0.4, 0.5) is 44.3 Å². The normalized spacial score (nSPS) is 21.9. The summed E-state index contributed by atoms with van der Waals surface area (Å²) >= 11 is 0. The summed E-state index contributed by atoms with van der Waals surface area (Å²) in [5.41, 5.74) is 0.354. The third-order valence-electron chi connectivity index (χ3n) is 15.4. The van der Waals surface area contributed by atoms with Gasteiger partial charge in [0.05, 0.1) is 25.9 Å². The predicted molar refractivity (Wildman–Crippen MR) is 262 cm³/mol. The number of nitrogens with zero attached hydrogens (tertiary/aromatic N) is 1. The molecule has 0 unspecified atom stereocenters. The molecule has 5 atom stereocenters. The molecular formula is C53H66F9NO8S2. The van der Waals surface area contributed by atoms with Crippen LogP contribution in [0.25, 0.3) is 11.1 Å². The SMILES string of the molecule is C[C@]12CC[C@@H]3c4ccc(OCCN(CCCSSCCOCCCC(CO)CO)C(=O)OCC5c6ccccc6-c6ccccc65)cc4CC[C@H]3[C@@H]1CC[C@@H]2OCCCOC(C(F)(F)F)(C(F)(F)F)C(F)(F)F. The van der Waals surface area contributed by atoms with Gasteiger partial charge < -0.3 is 38.8 Å². The summed E-state index contributed by atoms with van der Waals surface area (Å²) in [5.74, 6) is 2.92. The number of rotatable bonds is 26. The maximum absolute atomic E-state index is 13.9. The van der Waals surface area contributed by atoms with E-state index in [1.54, 1.807) is 26.5 Å². The maximum Gasteiger partial charge on any atom is 0.435 e. The fourth-order valence-corrected chi connectivity index (χ4v) is 13.6. The second-order valence-electron chi connectivity index (χ2n) is 19.8. The first-order chi connectivity index (χ1) is 34.8. The highest BCUT2D eigenvalue weighted by Gasteiger charge is 2.85. The summed E-state index contributed by atoms with van der Waals surface area (Å²) in [7, 11) is 3.42. The first kappa shape index (κ1) is 57.3. The standard InChI is InChI=1S/C53H66F9NO8S2/c1-49-21-20-43-38-17-15-37(31-36(38)14-16-44(43)46(49)18-19-47(49)69-25-8-26-71-50(51(54,55)56,52(57,58)59)53(60,61)62)68-27-23-63(22-7-29-72-73-30-28-67-24-6-9-35(32-64)33-65)48(66)70-34-45-41-12-4-2-10-39(41)40-11-3-5-13-42(40)45/h2-5,10-13,15,17,31,35,43-47,64-65H,6-9,14,16,18-30,32-34H2,1H3/t43-,44-,46+,47+,49+/m1/s1. The number of aliphatic hydroxyl groups is 2. The largest absolute Gasteiger partial charge is 0.492 e. The first-order valence-corrected chi connectivity index (χ1v) is 27.7. The van der Waals surface area contributed by atoms with E-state index in [0.29, 0.717) is 50.8 Å². The number of carbonyl (C=O) groups is 1. The fourth-order valence-electron chi connectivity index (χ4n) is 11.7. The van der Waals surface area contributed by atoms with Crippen LogP contribution in [-0.2, 0) is 25.4 Å². The zero-order valence-electron chi connectivity index (χ0n) is 40.9. The van der Waals surface area contributed by atoms with Gasteiger partial charge in [0.2, 0.25) is 0 Å². The molecular weight excluding hydrogens is 1010 g/mol. The van der Waals surface area contributed by atoms with Crippen LogP contribution in [0.3, 0.4) is 0 Å². The quantitative estimate of drug-likeness (QED) is 0.0458. The van der Waals surface area contributed by atoms with Gasteiger partial charge in [0, 0.05) is 56.3 Å². The lowest BCUT2D eigenvalue weighted by Gasteiger charge is -2.50. The highest BCUT2D eigenvalue weighted by Crippen LogP contribution is 2.62. The second kappa shape index (κ2) is 25.2. The van der Waals surface area contributed by atoms with Crippen LogP contribution in [-0.4, -0.2) is 129 Å². The molecule has 20 heteroatoms. The number of amides is 1. The molecule has 2 fully saturated rings. The van der Waals surface area contributed by atoms with Gasteiger partial charge in [-0.05, 0) is 133 Å². The third-order valence-corrected chi connectivity index (χ3v) is 17.9. The van der Waals surface area contributed by atoms with E-state index < -0.39 is 43.3 Å². The molecule has 7 rings (SSSR count). The molecule has 0 bridgehead atoms. The minimum absolute atomic E-state index is 0.0364. The highest BCUT2D eigenvalue weighted by molar-refractivity contribution is 8.76. The van der Waals surface area contributed by atoms with E-state index in [2.05, 4.69) is 48.1 Å². The van der Waals surface area contributed by atoms with Gasteiger partial charge in [0.15, 0.2) is 0 Å². The molecule has 4 aliphatic carbocycles. The Kier molecular flexibility index (Phi) is 19.8. The Morgan fingerprint density at radius 2 is 1.41 bits per heavy atom. The van der Waals surface area contributed by atoms with E-state index in [1.807, 2.05) is 30.3 Å². The third kappa shape index (κ3) is 13.1. The summed E-state index contributed by atoms with van der Waals surface area (Å²) in [6.45, 7) is 2.61. The number of hydrogen-bond donors (Lipinski definition) is 2. The molecule has 0 heterocycles. The van der Waals surface area contributed by atoms with Crippen molar-refractivity contribution in [1.29, 1.82) is 0 Å². The molecule has 1 amide bonds. The second-order valence-corrected chi connectivity index (χ2v) is 22.5. The molecule has 0 saturated heterocycles. The van der Waals surface area contributed by atoms with Crippen molar-refractivity contribution in [2.24, 2.45) is 23.2 Å². The molecule has 0 aromatic heterocycles. The van der Waals surface area contributed by atoms with Crippen molar-refractivity contribution in [2.75, 3.05) is 77.5 Å². The smallest absolute Gasteiger partial charge is 0.435 e. The molecule has 2 saturated carbocycles. The number of fused-ring (bicyclic) bond motifs is 8. The van der Waals surface area contributed by atoms with Gasteiger partial charge in [-0.2, -0.15) is 39.5 Å². The summed E-state index contributed by atoms with van der Waals surface area (Å²) in [5, 5.41) is 18.5. The molecule has 4 aliphatic rings. The van der Waals surface area contributed by atoms with Crippen LogP contribution >= 0.6 is 21.6 Å². The summed E-state index contributed by atoms with van der Waals surface area (Å²) in [4.78, 5) is 15.6. The Morgan fingerprint density at radius 1 is 0.740 bits per heavy atom. The minimum Gasteiger partial charge on any atom is -0.492 e. The number of benzene rings is 3. The van der Waals surface area contributed by atoms with Gasteiger partial charge in [0.1, 0.15) is 19.0 Å². The Hall–Kier alpha value is -3.40. The summed E-state index contributed by atoms with van der Waals surface area (Å²) in [6.07, 6.45) is -14.7. The van der Waals surface area contributed by atoms with Crippen LogP contribution in [0.5, 0.6) is 5.75 Å². The summed E-state index contributed by atoms with van der Waals surface area (Å²) in [6, 6.07) is 22.5. The molecule has 9 nitrogen and oxygen atoms in total. The molecule has 0 aliphatic heterocycles. The molecule has 2 N–H and O–H groups in total. The maximum atomic E-state index is 13.9. The lowest BCUT2D eigenvalue weighted by molar-refractivity contribution is -0.457. The average molecular weight is 1080 g/mol. The topological polar surface area (TPSA) is 107 Å². The van der Waals surface area contributed by atoms with E-state index in [9.17, 15) is 54.5 Å². The van der Waals surface area contributed by atoms with E-state index >= 15 is 0 Å². The number of alkyl halides is 9. The lowest BCUT2D eigenvalue weighted by atomic mass is 9.55. The van der Waals surface area contributed by atoms with Gasteiger partial charge in [-0.3, -0.25) is 0 Å². The molecule has 0 radical (unpaired) electrons. The van der Waals surface area contributed by atoms with E-state index in [4.69, 9.17) is 18.9 Å². The number of aliphatic hydroxyl groups excluding tert-OH is 2. The molecule has 0 spiro atoms. The molecule has 73 heavy (non-hydrogen) atoms. The van der Waals surface area contributed by atoms with Crippen molar-refractivity contribution >= 4 is 27.7 Å². The zero-order valence-corrected chi connectivity index (χ0v) is 42.5.